The van der Waals surface area contributed by atoms with Crippen molar-refractivity contribution in [2.24, 2.45) is 5.92 Å². The Bertz CT molecular complexity index is 447. The molecule has 0 aliphatic heterocycles. The molecule has 0 saturated carbocycles. The van der Waals surface area contributed by atoms with E-state index in [1.54, 1.807) is 0 Å². The number of hydrogen-bond donors (Lipinski definition) is 3. The Balaban J connectivity index is 2.76. The average molecular weight is 278 g/mol. The predicted octanol–water partition coefficient (Wildman–Crippen LogP) is 3.14. The van der Waals surface area contributed by atoms with Gasteiger partial charge in [-0.1, -0.05) is 31.5 Å². The molecule has 4 nitrogen and oxygen atoms in total. The van der Waals surface area contributed by atoms with E-state index in [2.05, 4.69) is 22.8 Å². The summed E-state index contributed by atoms with van der Waals surface area (Å²) in [5.74, 6) is 0.285. The summed E-state index contributed by atoms with van der Waals surface area (Å²) in [6.07, 6.45) is 0.566. The summed E-state index contributed by atoms with van der Waals surface area (Å²) >= 11 is 0. The van der Waals surface area contributed by atoms with Crippen LogP contribution in [0.2, 0.25) is 0 Å². The third-order valence-corrected chi connectivity index (χ3v) is 3.48. The Morgan fingerprint density at radius 3 is 2.20 bits per heavy atom. The molecule has 112 valence electrons. The Morgan fingerprint density at radius 2 is 1.75 bits per heavy atom. The molecule has 0 aliphatic carbocycles. The van der Waals surface area contributed by atoms with E-state index in [1.165, 1.54) is 5.56 Å². The van der Waals surface area contributed by atoms with Crippen LogP contribution in [-0.2, 0) is 0 Å². The first-order valence-electron chi connectivity index (χ1n) is 7.11. The van der Waals surface area contributed by atoms with Crippen molar-refractivity contribution >= 4 is 11.7 Å². The summed E-state index contributed by atoms with van der Waals surface area (Å²) in [6.45, 7) is 10.2. The summed E-state index contributed by atoms with van der Waals surface area (Å²) in [6, 6.07) is 3.87. The molecule has 0 saturated heterocycles. The van der Waals surface area contributed by atoms with Gasteiger partial charge in [-0.3, -0.25) is 0 Å². The molecule has 2 amide bonds. The quantitative estimate of drug-likeness (QED) is 0.775. The summed E-state index contributed by atoms with van der Waals surface area (Å²) in [4.78, 5) is 12.1. The van der Waals surface area contributed by atoms with Crippen LogP contribution < -0.4 is 10.6 Å². The minimum atomic E-state index is -0.216. The van der Waals surface area contributed by atoms with Crippen molar-refractivity contribution in [3.63, 3.8) is 0 Å². The number of anilines is 1. The Hall–Kier alpha value is -1.55. The van der Waals surface area contributed by atoms with E-state index in [1.807, 2.05) is 34.6 Å². The third kappa shape index (κ3) is 4.53. The zero-order valence-electron chi connectivity index (χ0n) is 13.1. The highest BCUT2D eigenvalue weighted by atomic mass is 16.3. The van der Waals surface area contributed by atoms with Gasteiger partial charge in [0.05, 0.1) is 0 Å². The molecule has 0 fully saturated rings. The Kier molecular flexibility index (Phi) is 6.02. The second kappa shape index (κ2) is 7.29. The standard InChI is InChI=1S/C16H26N2O2/c1-10(2)14(6-7-19)17-16(20)18-15-12(4)8-11(3)9-13(15)5/h8-10,14,19H,6-7H2,1-5H3,(H2,17,18,20). The molecule has 0 heterocycles. The highest BCUT2D eigenvalue weighted by Crippen LogP contribution is 2.21. The predicted molar refractivity (Wildman–Crippen MR) is 83.1 cm³/mol. The fourth-order valence-electron chi connectivity index (χ4n) is 2.41. The molecule has 0 radical (unpaired) electrons. The maximum Gasteiger partial charge on any atom is 0.319 e. The van der Waals surface area contributed by atoms with Crippen molar-refractivity contribution in [3.05, 3.63) is 28.8 Å². The first-order valence-corrected chi connectivity index (χ1v) is 7.11. The lowest BCUT2D eigenvalue weighted by atomic mass is 10.0. The molecule has 4 heteroatoms. The molecule has 1 atom stereocenters. The van der Waals surface area contributed by atoms with Crippen LogP contribution in [0.1, 0.15) is 37.0 Å². The zero-order chi connectivity index (χ0) is 15.3. The first kappa shape index (κ1) is 16.5. The van der Waals surface area contributed by atoms with Crippen LogP contribution in [0.3, 0.4) is 0 Å². The van der Waals surface area contributed by atoms with Gasteiger partial charge >= 0.3 is 6.03 Å². The van der Waals surface area contributed by atoms with Crippen LogP contribution >= 0.6 is 0 Å². The average Bonchev–Trinajstić information content (AvgIpc) is 2.33. The zero-order valence-corrected chi connectivity index (χ0v) is 13.1. The summed E-state index contributed by atoms with van der Waals surface area (Å²) in [5, 5.41) is 14.9. The molecule has 0 aliphatic rings. The van der Waals surface area contributed by atoms with Crippen LogP contribution in [-0.4, -0.2) is 23.8 Å². The SMILES string of the molecule is Cc1cc(C)c(NC(=O)NC(CCO)C(C)C)c(C)c1. The molecule has 0 aromatic heterocycles. The number of amides is 2. The number of benzene rings is 1. The number of carbonyl (C=O) groups is 1. The highest BCUT2D eigenvalue weighted by Gasteiger charge is 2.16. The molecule has 0 bridgehead atoms. The van der Waals surface area contributed by atoms with Crippen molar-refractivity contribution in [2.75, 3.05) is 11.9 Å². The van der Waals surface area contributed by atoms with Crippen molar-refractivity contribution in [3.8, 4) is 0 Å². The highest BCUT2D eigenvalue weighted by molar-refractivity contribution is 5.91. The van der Waals surface area contributed by atoms with Crippen molar-refractivity contribution in [1.82, 2.24) is 5.32 Å². The second-order valence-corrected chi connectivity index (χ2v) is 5.73. The maximum absolute atomic E-state index is 12.1. The maximum atomic E-state index is 12.1. The van der Waals surface area contributed by atoms with Crippen LogP contribution in [0, 0.1) is 26.7 Å². The van der Waals surface area contributed by atoms with Crippen LogP contribution in [0.5, 0.6) is 0 Å². The van der Waals surface area contributed by atoms with Gasteiger partial charge in [0, 0.05) is 18.3 Å². The number of aliphatic hydroxyl groups excluding tert-OH is 1. The topological polar surface area (TPSA) is 61.4 Å². The number of nitrogens with one attached hydrogen (secondary N) is 2. The molecule has 1 unspecified atom stereocenters. The van der Waals surface area contributed by atoms with E-state index in [9.17, 15) is 4.79 Å². The van der Waals surface area contributed by atoms with E-state index in [4.69, 9.17) is 5.11 Å². The van der Waals surface area contributed by atoms with E-state index < -0.39 is 0 Å². The lowest BCUT2D eigenvalue weighted by Gasteiger charge is -2.22. The van der Waals surface area contributed by atoms with Gasteiger partial charge in [0.15, 0.2) is 0 Å². The van der Waals surface area contributed by atoms with Crippen LogP contribution in [0.4, 0.5) is 10.5 Å². The minimum Gasteiger partial charge on any atom is -0.396 e. The molecule has 1 rings (SSSR count). The van der Waals surface area contributed by atoms with E-state index in [0.29, 0.717) is 6.42 Å². The van der Waals surface area contributed by atoms with Gasteiger partial charge in [-0.05, 0) is 44.2 Å². The first-order chi connectivity index (χ1) is 9.35. The van der Waals surface area contributed by atoms with Crippen LogP contribution in [0.25, 0.3) is 0 Å². The number of carbonyl (C=O) groups excluding carboxylic acids is 1. The molecule has 3 N–H and O–H groups in total. The molecular formula is C16H26N2O2. The van der Waals surface area contributed by atoms with Gasteiger partial charge in [0.25, 0.3) is 0 Å². The number of aryl methyl sites for hydroxylation is 3. The van der Waals surface area contributed by atoms with Crippen molar-refractivity contribution in [1.29, 1.82) is 0 Å². The molecule has 1 aromatic carbocycles. The van der Waals surface area contributed by atoms with Gasteiger partial charge in [0.2, 0.25) is 0 Å². The van der Waals surface area contributed by atoms with Crippen LogP contribution in [0.15, 0.2) is 12.1 Å². The second-order valence-electron chi connectivity index (χ2n) is 5.73. The number of aliphatic hydroxyl groups is 1. The number of hydrogen-bond acceptors (Lipinski definition) is 2. The lowest BCUT2D eigenvalue weighted by Crippen LogP contribution is -2.41. The van der Waals surface area contributed by atoms with Gasteiger partial charge in [-0.15, -0.1) is 0 Å². The molecule has 0 spiro atoms. The van der Waals surface area contributed by atoms with E-state index >= 15 is 0 Å². The largest absolute Gasteiger partial charge is 0.396 e. The fraction of sp³-hybridized carbons (Fsp3) is 0.562. The monoisotopic (exact) mass is 278 g/mol. The third-order valence-electron chi connectivity index (χ3n) is 3.48. The summed E-state index contributed by atoms with van der Waals surface area (Å²) in [5.41, 5.74) is 4.16. The summed E-state index contributed by atoms with van der Waals surface area (Å²) < 4.78 is 0. The van der Waals surface area contributed by atoms with Gasteiger partial charge in [-0.2, -0.15) is 0 Å². The van der Waals surface area contributed by atoms with Crippen molar-refractivity contribution < 1.29 is 9.90 Å². The molecule has 20 heavy (non-hydrogen) atoms. The fourth-order valence-corrected chi connectivity index (χ4v) is 2.41. The minimum absolute atomic E-state index is 0.0222. The normalized spacial score (nSPS) is 12.3. The Morgan fingerprint density at radius 1 is 1.20 bits per heavy atom. The van der Waals surface area contributed by atoms with Gasteiger partial charge < -0.3 is 15.7 Å². The smallest absolute Gasteiger partial charge is 0.319 e. The van der Waals surface area contributed by atoms with E-state index in [-0.39, 0.29) is 24.6 Å². The lowest BCUT2D eigenvalue weighted by molar-refractivity contribution is 0.227. The van der Waals surface area contributed by atoms with Gasteiger partial charge in [0.1, 0.15) is 0 Å². The number of rotatable bonds is 5. The van der Waals surface area contributed by atoms with Crippen molar-refractivity contribution in [2.45, 2.75) is 47.1 Å². The van der Waals surface area contributed by atoms with Gasteiger partial charge in [-0.25, -0.2) is 4.79 Å². The molecule has 1 aromatic rings. The van der Waals surface area contributed by atoms with E-state index in [0.717, 1.165) is 16.8 Å². The summed E-state index contributed by atoms with van der Waals surface area (Å²) in [7, 11) is 0. The molecular weight excluding hydrogens is 252 g/mol. The Labute approximate surface area is 121 Å². The number of urea groups is 1.